The maximum absolute atomic E-state index is 11.7. The number of rotatable bonds is 2. The number of amides is 1. The Labute approximate surface area is 176 Å². The van der Waals surface area contributed by atoms with Gasteiger partial charge in [-0.2, -0.15) is 0 Å². The summed E-state index contributed by atoms with van der Waals surface area (Å²) in [7, 11) is 1.81. The number of carbonyl (C=O) groups excluding carboxylic acids is 1. The maximum Gasteiger partial charge on any atom is 0.220 e. The first-order valence-electron chi connectivity index (χ1n) is 9.23. The van der Waals surface area contributed by atoms with Gasteiger partial charge < -0.3 is 19.9 Å². The van der Waals surface area contributed by atoms with Crippen molar-refractivity contribution >= 4 is 41.5 Å². The van der Waals surface area contributed by atoms with Crippen LogP contribution in [0, 0.1) is 12.3 Å². The lowest BCUT2D eigenvalue weighted by molar-refractivity contribution is -0.119. The molecule has 2 fully saturated rings. The molecule has 1 spiro atoms. The van der Waals surface area contributed by atoms with Gasteiger partial charge in [-0.05, 0) is 37.5 Å². The van der Waals surface area contributed by atoms with E-state index >= 15 is 0 Å². The van der Waals surface area contributed by atoms with Gasteiger partial charge in [0.2, 0.25) is 5.91 Å². The third-order valence-electron chi connectivity index (χ3n) is 5.46. The van der Waals surface area contributed by atoms with E-state index < -0.39 is 0 Å². The van der Waals surface area contributed by atoms with Gasteiger partial charge in [0, 0.05) is 50.9 Å². The quantitative estimate of drug-likeness (QED) is 0.390. The number of imidazole rings is 1. The number of nitrogens with zero attached hydrogens (tertiary/aromatic N) is 4. The number of halogens is 1. The molecule has 2 aliphatic rings. The fourth-order valence-electron chi connectivity index (χ4n) is 4.15. The van der Waals surface area contributed by atoms with Crippen LogP contribution in [-0.2, 0) is 11.3 Å². The molecule has 2 N–H and O–H groups in total. The van der Waals surface area contributed by atoms with Crippen molar-refractivity contribution in [2.45, 2.75) is 32.7 Å². The Morgan fingerprint density at radius 2 is 2.33 bits per heavy atom. The number of aliphatic imine (C=N–C) groups is 1. The number of pyridine rings is 1. The Kier molecular flexibility index (Phi) is 5.92. The smallest absolute Gasteiger partial charge is 0.220 e. The highest BCUT2D eigenvalue weighted by Crippen LogP contribution is 2.35. The fourth-order valence-corrected chi connectivity index (χ4v) is 4.15. The van der Waals surface area contributed by atoms with Crippen molar-refractivity contribution < 1.29 is 4.79 Å². The number of guanidine groups is 1. The Hall–Kier alpha value is -1.84. The van der Waals surface area contributed by atoms with Crippen LogP contribution in [-0.4, -0.2) is 52.8 Å². The normalized spacial score (nSPS) is 22.8. The average Bonchev–Trinajstić information content (AvgIpc) is 3.18. The lowest BCUT2D eigenvalue weighted by Crippen LogP contribution is -2.51. The Morgan fingerprint density at radius 1 is 1.48 bits per heavy atom. The minimum Gasteiger partial charge on any atom is -0.355 e. The van der Waals surface area contributed by atoms with Crippen molar-refractivity contribution in [3.63, 3.8) is 0 Å². The van der Waals surface area contributed by atoms with Gasteiger partial charge in [0.05, 0.1) is 12.2 Å². The number of hydrogen-bond acceptors (Lipinski definition) is 3. The molecule has 0 saturated carbocycles. The molecule has 1 unspecified atom stereocenters. The molecule has 2 saturated heterocycles. The Bertz CT molecular complexity index is 863. The number of aryl methyl sites for hydroxylation is 1. The molecule has 2 aromatic rings. The maximum atomic E-state index is 11.7. The minimum atomic E-state index is 0. The molecule has 0 bridgehead atoms. The van der Waals surface area contributed by atoms with Crippen LogP contribution in [0.1, 0.15) is 30.5 Å². The van der Waals surface area contributed by atoms with Crippen molar-refractivity contribution in [3.05, 3.63) is 35.8 Å². The van der Waals surface area contributed by atoms with Gasteiger partial charge >= 0.3 is 0 Å². The third kappa shape index (κ3) is 4.20. The second-order valence-corrected chi connectivity index (χ2v) is 7.58. The van der Waals surface area contributed by atoms with Gasteiger partial charge in [0.25, 0.3) is 0 Å². The standard InChI is InChI=1S/C19H26N6O.HI/c1-14-4-7-24-11-15(23-16(24)8-14)10-21-18(20-2)25-6-3-5-19(13-25)9-17(26)22-12-19;/h4,7-8,11H,3,5-6,9-10,12-13H2,1-2H3,(H,20,21)(H,22,26);1H. The number of carbonyl (C=O) groups is 1. The predicted octanol–water partition coefficient (Wildman–Crippen LogP) is 1.94. The highest BCUT2D eigenvalue weighted by molar-refractivity contribution is 14.0. The molecule has 27 heavy (non-hydrogen) atoms. The third-order valence-corrected chi connectivity index (χ3v) is 5.46. The summed E-state index contributed by atoms with van der Waals surface area (Å²) in [4.78, 5) is 23.1. The van der Waals surface area contributed by atoms with Crippen molar-refractivity contribution in [2.75, 3.05) is 26.7 Å². The van der Waals surface area contributed by atoms with E-state index in [0.717, 1.165) is 49.8 Å². The largest absolute Gasteiger partial charge is 0.355 e. The van der Waals surface area contributed by atoms with Crippen LogP contribution < -0.4 is 10.6 Å². The Balaban J connectivity index is 0.00000210. The summed E-state index contributed by atoms with van der Waals surface area (Å²) in [6, 6.07) is 4.16. The van der Waals surface area contributed by atoms with Gasteiger partial charge in [-0.25, -0.2) is 4.98 Å². The monoisotopic (exact) mass is 482 g/mol. The summed E-state index contributed by atoms with van der Waals surface area (Å²) in [5.74, 6) is 1.06. The number of nitrogens with one attached hydrogen (secondary N) is 2. The van der Waals surface area contributed by atoms with Crippen LogP contribution >= 0.6 is 24.0 Å². The summed E-state index contributed by atoms with van der Waals surface area (Å²) < 4.78 is 2.04. The number of fused-ring (bicyclic) bond motifs is 1. The van der Waals surface area contributed by atoms with E-state index in [1.54, 1.807) is 0 Å². The first-order chi connectivity index (χ1) is 12.6. The number of aromatic nitrogens is 2. The van der Waals surface area contributed by atoms with Gasteiger partial charge in [-0.3, -0.25) is 9.79 Å². The zero-order valence-electron chi connectivity index (χ0n) is 15.9. The molecular weight excluding hydrogens is 455 g/mol. The lowest BCUT2D eigenvalue weighted by Gasteiger charge is -2.40. The van der Waals surface area contributed by atoms with Crippen molar-refractivity contribution in [2.24, 2.45) is 10.4 Å². The molecule has 2 aliphatic heterocycles. The van der Waals surface area contributed by atoms with Gasteiger partial charge in [-0.1, -0.05) is 0 Å². The van der Waals surface area contributed by atoms with E-state index in [2.05, 4.69) is 44.6 Å². The molecule has 7 nitrogen and oxygen atoms in total. The zero-order valence-corrected chi connectivity index (χ0v) is 18.2. The summed E-state index contributed by atoms with van der Waals surface area (Å²) in [6.07, 6.45) is 6.90. The summed E-state index contributed by atoms with van der Waals surface area (Å²) in [5.41, 5.74) is 3.22. The SMILES string of the molecule is CN=C(NCc1cn2ccc(C)cc2n1)N1CCCC2(CNC(=O)C2)C1.I. The number of hydrogen-bond donors (Lipinski definition) is 2. The van der Waals surface area contributed by atoms with E-state index in [1.165, 1.54) is 5.56 Å². The predicted molar refractivity (Wildman–Crippen MR) is 116 cm³/mol. The van der Waals surface area contributed by atoms with Crippen molar-refractivity contribution in [3.8, 4) is 0 Å². The number of likely N-dealkylation sites (tertiary alicyclic amines) is 1. The molecule has 1 amide bonds. The molecule has 4 heterocycles. The van der Waals surface area contributed by atoms with Crippen LogP contribution in [0.5, 0.6) is 0 Å². The summed E-state index contributed by atoms with van der Waals surface area (Å²) >= 11 is 0. The topological polar surface area (TPSA) is 74.0 Å². The van der Waals surface area contributed by atoms with E-state index in [9.17, 15) is 4.79 Å². The van der Waals surface area contributed by atoms with E-state index in [0.29, 0.717) is 13.0 Å². The molecule has 0 aliphatic carbocycles. The van der Waals surface area contributed by atoms with Crippen LogP contribution in [0.4, 0.5) is 0 Å². The highest BCUT2D eigenvalue weighted by atomic mass is 127. The van der Waals surface area contributed by atoms with Gasteiger partial charge in [0.15, 0.2) is 5.96 Å². The molecule has 0 radical (unpaired) electrons. The fraction of sp³-hybridized carbons (Fsp3) is 0.526. The summed E-state index contributed by atoms with van der Waals surface area (Å²) in [6.45, 7) is 5.33. The second kappa shape index (κ2) is 8.04. The summed E-state index contributed by atoms with van der Waals surface area (Å²) in [5, 5.41) is 6.44. The average molecular weight is 482 g/mol. The first kappa shape index (κ1) is 19.9. The zero-order chi connectivity index (χ0) is 18.1. The molecule has 2 aromatic heterocycles. The van der Waals surface area contributed by atoms with Gasteiger partial charge in [-0.15, -0.1) is 24.0 Å². The molecular formula is C19H27IN6O. The molecule has 1 atom stereocenters. The Morgan fingerprint density at radius 3 is 3.07 bits per heavy atom. The van der Waals surface area contributed by atoms with Crippen LogP contribution in [0.15, 0.2) is 29.5 Å². The number of piperidine rings is 1. The first-order valence-corrected chi connectivity index (χ1v) is 9.23. The second-order valence-electron chi connectivity index (χ2n) is 7.58. The molecule has 4 rings (SSSR count). The highest BCUT2D eigenvalue weighted by Gasteiger charge is 2.42. The molecule has 0 aromatic carbocycles. The van der Waals surface area contributed by atoms with Crippen LogP contribution in [0.25, 0.3) is 5.65 Å². The van der Waals surface area contributed by atoms with Gasteiger partial charge in [0.1, 0.15) is 5.65 Å². The molecule has 146 valence electrons. The van der Waals surface area contributed by atoms with Crippen molar-refractivity contribution in [1.82, 2.24) is 24.9 Å². The van der Waals surface area contributed by atoms with E-state index in [-0.39, 0.29) is 35.3 Å². The van der Waals surface area contributed by atoms with E-state index in [1.807, 2.05) is 23.8 Å². The minimum absolute atomic E-state index is 0. The lowest BCUT2D eigenvalue weighted by atomic mass is 9.79. The van der Waals surface area contributed by atoms with Crippen molar-refractivity contribution in [1.29, 1.82) is 0 Å². The van der Waals surface area contributed by atoms with E-state index in [4.69, 9.17) is 0 Å². The van der Waals surface area contributed by atoms with Crippen LogP contribution in [0.3, 0.4) is 0 Å². The molecule has 8 heteroatoms. The van der Waals surface area contributed by atoms with Crippen LogP contribution in [0.2, 0.25) is 0 Å².